The second kappa shape index (κ2) is 4.71. The molecular formula is C16H17NO3. The first kappa shape index (κ1) is 12.8. The Balaban J connectivity index is 2.54. The maximum absolute atomic E-state index is 8.98. The molecule has 4 heteroatoms. The lowest BCUT2D eigenvalue weighted by Crippen LogP contribution is -2.03. The lowest BCUT2D eigenvalue weighted by molar-refractivity contribution is 0.276. The monoisotopic (exact) mass is 271 g/mol. The molecule has 0 saturated carbocycles. The van der Waals surface area contributed by atoms with E-state index in [0.29, 0.717) is 5.58 Å². The van der Waals surface area contributed by atoms with Crippen molar-refractivity contribution in [1.29, 1.82) is 0 Å². The van der Waals surface area contributed by atoms with E-state index < -0.39 is 0 Å². The van der Waals surface area contributed by atoms with E-state index in [0.717, 1.165) is 45.9 Å². The van der Waals surface area contributed by atoms with Gasteiger partial charge >= 0.3 is 0 Å². The summed E-state index contributed by atoms with van der Waals surface area (Å²) in [6.45, 7) is 6.19. The molecule has 4 nitrogen and oxygen atoms in total. The minimum absolute atomic E-state index is 0.225. The highest BCUT2D eigenvalue weighted by atomic mass is 16.5. The van der Waals surface area contributed by atoms with E-state index in [-0.39, 0.29) is 5.55 Å². The predicted octanol–water partition coefficient (Wildman–Crippen LogP) is 4.04. The van der Waals surface area contributed by atoms with Gasteiger partial charge in [0.2, 0.25) is 0 Å². The third kappa shape index (κ3) is 1.80. The number of rotatable bonds is 2. The number of furan rings is 1. The van der Waals surface area contributed by atoms with Crippen LogP contribution in [0.25, 0.3) is 21.9 Å². The fourth-order valence-corrected chi connectivity index (χ4v) is 2.83. The van der Waals surface area contributed by atoms with Gasteiger partial charge in [0.05, 0.1) is 11.6 Å². The Hall–Kier alpha value is -2.23. The Morgan fingerprint density at radius 3 is 2.65 bits per heavy atom. The molecule has 0 saturated heterocycles. The largest absolute Gasteiger partial charge is 0.463 e. The molecule has 0 aliphatic heterocycles. The van der Waals surface area contributed by atoms with Crippen molar-refractivity contribution in [1.82, 2.24) is 0 Å². The average Bonchev–Trinajstić information content (AvgIpc) is 2.81. The summed E-state index contributed by atoms with van der Waals surface area (Å²) in [5, 5.41) is 14.3. The van der Waals surface area contributed by atoms with E-state index in [2.05, 4.69) is 12.1 Å². The summed E-state index contributed by atoms with van der Waals surface area (Å²) in [4.78, 5) is 0. The second-order valence-electron chi connectivity index (χ2n) is 5.15. The molecule has 0 spiro atoms. The van der Waals surface area contributed by atoms with Gasteiger partial charge in [-0.15, -0.1) is 0 Å². The minimum Gasteiger partial charge on any atom is -0.463 e. The van der Waals surface area contributed by atoms with Crippen molar-refractivity contribution in [3.8, 4) is 0 Å². The van der Waals surface area contributed by atoms with Crippen LogP contribution in [0.1, 0.15) is 30.0 Å². The van der Waals surface area contributed by atoms with Crippen molar-refractivity contribution in [3.05, 3.63) is 40.6 Å². The third-order valence-electron chi connectivity index (χ3n) is 3.64. The topological polar surface area (TPSA) is 58.9 Å². The summed E-state index contributed by atoms with van der Waals surface area (Å²) < 4.78 is 11.4. The van der Waals surface area contributed by atoms with E-state index in [1.165, 1.54) is 0 Å². The van der Waals surface area contributed by atoms with Crippen LogP contribution in [-0.2, 0) is 6.42 Å². The van der Waals surface area contributed by atoms with E-state index in [1.807, 2.05) is 19.9 Å². The van der Waals surface area contributed by atoms with Gasteiger partial charge in [-0.25, -0.2) is 0 Å². The van der Waals surface area contributed by atoms with Gasteiger partial charge in [-0.05, 0) is 48.2 Å². The van der Waals surface area contributed by atoms with E-state index in [9.17, 15) is 0 Å². The van der Waals surface area contributed by atoms with Crippen molar-refractivity contribution < 1.29 is 14.0 Å². The molecule has 0 bridgehead atoms. The van der Waals surface area contributed by atoms with Crippen molar-refractivity contribution in [2.24, 2.45) is 5.16 Å². The van der Waals surface area contributed by atoms with Crippen LogP contribution in [0.15, 0.2) is 32.4 Å². The Morgan fingerprint density at radius 2 is 1.95 bits per heavy atom. The minimum atomic E-state index is 0.225. The van der Waals surface area contributed by atoms with Gasteiger partial charge in [-0.3, -0.25) is 0 Å². The van der Waals surface area contributed by atoms with Gasteiger partial charge in [-0.1, -0.05) is 13.3 Å². The molecule has 0 amide bonds. The summed E-state index contributed by atoms with van der Waals surface area (Å²) >= 11 is 0. The van der Waals surface area contributed by atoms with Crippen molar-refractivity contribution in [2.45, 2.75) is 33.6 Å². The summed E-state index contributed by atoms with van der Waals surface area (Å²) in [5.74, 6) is 0. The van der Waals surface area contributed by atoms with Gasteiger partial charge < -0.3 is 14.0 Å². The van der Waals surface area contributed by atoms with Crippen molar-refractivity contribution >= 4 is 21.9 Å². The van der Waals surface area contributed by atoms with Gasteiger partial charge in [0, 0.05) is 11.5 Å². The maximum Gasteiger partial charge on any atom is 0.255 e. The highest BCUT2D eigenvalue weighted by Gasteiger charge is 2.15. The molecule has 3 rings (SSSR count). The standard InChI is InChI=1S/C16H17NO3/c1-4-5-11-7-13(17-18)20-12-6-9(2)14-10(3)8-19-16(14)15(11)12/h6-8,18H,4-5H2,1-3H3. The van der Waals surface area contributed by atoms with Crippen LogP contribution in [0.3, 0.4) is 0 Å². The van der Waals surface area contributed by atoms with Gasteiger partial charge in [0.15, 0.2) is 0 Å². The summed E-state index contributed by atoms with van der Waals surface area (Å²) in [5.41, 5.74) is 5.08. The Bertz CT molecular complexity index is 855. The highest BCUT2D eigenvalue weighted by molar-refractivity contribution is 6.06. The second-order valence-corrected chi connectivity index (χ2v) is 5.15. The lowest BCUT2D eigenvalue weighted by Gasteiger charge is -2.07. The van der Waals surface area contributed by atoms with E-state index in [1.54, 1.807) is 12.3 Å². The van der Waals surface area contributed by atoms with Crippen LogP contribution in [0, 0.1) is 13.8 Å². The molecule has 0 aliphatic carbocycles. The zero-order valence-electron chi connectivity index (χ0n) is 11.9. The first-order valence-corrected chi connectivity index (χ1v) is 6.78. The molecule has 20 heavy (non-hydrogen) atoms. The smallest absolute Gasteiger partial charge is 0.255 e. The zero-order valence-corrected chi connectivity index (χ0v) is 11.9. The van der Waals surface area contributed by atoms with Crippen LogP contribution in [0.5, 0.6) is 0 Å². The zero-order chi connectivity index (χ0) is 14.3. The Labute approximate surface area is 116 Å². The molecule has 0 fully saturated rings. The number of hydrogen-bond acceptors (Lipinski definition) is 4. The van der Waals surface area contributed by atoms with Crippen LogP contribution in [0.4, 0.5) is 0 Å². The first-order valence-electron chi connectivity index (χ1n) is 6.78. The SMILES string of the molecule is CCCc1cc(=NO)oc2cc(C)c3c(C)coc3c12. The highest BCUT2D eigenvalue weighted by Crippen LogP contribution is 2.33. The fraction of sp³-hybridized carbons (Fsp3) is 0.312. The first-order chi connectivity index (χ1) is 9.65. The van der Waals surface area contributed by atoms with Crippen LogP contribution < -0.4 is 5.55 Å². The van der Waals surface area contributed by atoms with Gasteiger partial charge in [0.25, 0.3) is 5.55 Å². The normalized spacial score (nSPS) is 12.7. The molecule has 104 valence electrons. The number of fused-ring (bicyclic) bond motifs is 3. The molecule has 2 aromatic heterocycles. The molecule has 2 heterocycles. The lowest BCUT2D eigenvalue weighted by atomic mass is 10.00. The number of nitrogens with zero attached hydrogens (tertiary/aromatic N) is 1. The van der Waals surface area contributed by atoms with E-state index >= 15 is 0 Å². The van der Waals surface area contributed by atoms with Crippen molar-refractivity contribution in [2.75, 3.05) is 0 Å². The Kier molecular flexibility index (Phi) is 3.01. The fourth-order valence-electron chi connectivity index (χ4n) is 2.83. The van der Waals surface area contributed by atoms with Crippen LogP contribution in [0.2, 0.25) is 0 Å². The molecule has 0 atom stereocenters. The van der Waals surface area contributed by atoms with Gasteiger partial charge in [-0.2, -0.15) is 0 Å². The number of benzene rings is 1. The molecule has 0 unspecified atom stereocenters. The predicted molar refractivity (Wildman–Crippen MR) is 76.8 cm³/mol. The molecule has 1 N–H and O–H groups in total. The summed E-state index contributed by atoms with van der Waals surface area (Å²) in [7, 11) is 0. The Morgan fingerprint density at radius 1 is 1.15 bits per heavy atom. The average molecular weight is 271 g/mol. The molecular weight excluding hydrogens is 254 g/mol. The third-order valence-corrected chi connectivity index (χ3v) is 3.64. The van der Waals surface area contributed by atoms with Crippen LogP contribution in [-0.4, -0.2) is 5.21 Å². The molecule has 1 aromatic carbocycles. The van der Waals surface area contributed by atoms with Crippen molar-refractivity contribution in [3.63, 3.8) is 0 Å². The molecule has 0 aliphatic rings. The number of hydrogen-bond donors (Lipinski definition) is 1. The van der Waals surface area contributed by atoms with Crippen LogP contribution >= 0.6 is 0 Å². The van der Waals surface area contributed by atoms with Gasteiger partial charge in [0.1, 0.15) is 11.2 Å². The number of aryl methyl sites for hydroxylation is 3. The maximum atomic E-state index is 8.98. The summed E-state index contributed by atoms with van der Waals surface area (Å²) in [6.07, 6.45) is 3.66. The summed E-state index contributed by atoms with van der Waals surface area (Å²) in [6, 6.07) is 3.76. The molecule has 3 aromatic rings. The quantitative estimate of drug-likeness (QED) is 0.565. The van der Waals surface area contributed by atoms with E-state index in [4.69, 9.17) is 14.0 Å². The molecule has 0 radical (unpaired) electrons.